The van der Waals surface area contributed by atoms with Crippen LogP contribution in [-0.2, 0) is 10.3 Å². The molecule has 8 nitrogen and oxygen atoms in total. The lowest BCUT2D eigenvalue weighted by atomic mass is 9.93. The van der Waals surface area contributed by atoms with Gasteiger partial charge >= 0.3 is 0 Å². The minimum atomic E-state index is -0.893. The van der Waals surface area contributed by atoms with Gasteiger partial charge in [0, 0.05) is 29.1 Å². The van der Waals surface area contributed by atoms with Gasteiger partial charge < -0.3 is 20.2 Å². The molecule has 5 aromatic rings. The number of nitrogens with zero attached hydrogens (tertiary/aromatic N) is 2. The largest absolute Gasteiger partial charge is 0.455 e. The van der Waals surface area contributed by atoms with Crippen molar-refractivity contribution in [3.63, 3.8) is 0 Å². The number of carbonyl (C=O) groups excluding carboxylic acids is 2. The van der Waals surface area contributed by atoms with Crippen molar-refractivity contribution in [3.8, 4) is 22.5 Å². The Hall–Kier alpha value is -4.96. The molecule has 2 aromatic heterocycles. The van der Waals surface area contributed by atoms with E-state index in [1.807, 2.05) is 0 Å². The predicted octanol–water partition coefficient (Wildman–Crippen LogP) is 4.90. The second kappa shape index (κ2) is 9.65. The lowest BCUT2D eigenvalue weighted by Gasteiger charge is -2.40. The summed E-state index contributed by atoms with van der Waals surface area (Å²) in [4.78, 5) is 34.3. The second-order valence-electron chi connectivity index (χ2n) is 9.61. The number of halogens is 2. The van der Waals surface area contributed by atoms with E-state index in [-0.39, 0.29) is 46.6 Å². The zero-order chi connectivity index (χ0) is 28.0. The highest BCUT2D eigenvalue weighted by molar-refractivity contribution is 6.11. The average Bonchev–Trinajstić information content (AvgIpc) is 3.33. The summed E-state index contributed by atoms with van der Waals surface area (Å²) in [6, 6.07) is 14.9. The summed E-state index contributed by atoms with van der Waals surface area (Å²) in [5.74, 6) is -2.02. The minimum absolute atomic E-state index is 0.0412. The molecule has 3 aromatic carbocycles. The van der Waals surface area contributed by atoms with Gasteiger partial charge in [-0.2, -0.15) is 0 Å². The Kier molecular flexibility index (Phi) is 6.11. The van der Waals surface area contributed by atoms with Crippen LogP contribution < -0.4 is 11.1 Å². The molecule has 0 bridgehead atoms. The Morgan fingerprint density at radius 1 is 0.975 bits per heavy atom. The highest BCUT2D eigenvalue weighted by Crippen LogP contribution is 2.39. The normalized spacial score (nSPS) is 14.1. The summed E-state index contributed by atoms with van der Waals surface area (Å²) in [7, 11) is 0. The van der Waals surface area contributed by atoms with Crippen LogP contribution in [0.25, 0.3) is 33.4 Å². The lowest BCUT2D eigenvalue weighted by molar-refractivity contribution is -0.0777. The zero-order valence-electron chi connectivity index (χ0n) is 21.2. The smallest absolute Gasteiger partial charge is 0.253 e. The molecule has 0 radical (unpaired) electrons. The van der Waals surface area contributed by atoms with Gasteiger partial charge in [0.25, 0.3) is 11.8 Å². The van der Waals surface area contributed by atoms with Gasteiger partial charge in [0.2, 0.25) is 0 Å². The van der Waals surface area contributed by atoms with Gasteiger partial charge in [0.1, 0.15) is 28.5 Å². The number of carbonyl (C=O) groups is 2. The molecular formula is C30H22F2N4O4. The maximum Gasteiger partial charge on any atom is 0.253 e. The molecule has 10 heteroatoms. The van der Waals surface area contributed by atoms with Crippen LogP contribution in [0.2, 0.25) is 0 Å². The first kappa shape index (κ1) is 25.3. The van der Waals surface area contributed by atoms with Gasteiger partial charge in [-0.25, -0.2) is 18.7 Å². The average molecular weight is 541 g/mol. The number of rotatable bonds is 6. The Morgan fingerprint density at radius 2 is 1.70 bits per heavy atom. The third-order valence-electron chi connectivity index (χ3n) is 6.98. The molecular weight excluding hydrogens is 518 g/mol. The maximum atomic E-state index is 16.2. The van der Waals surface area contributed by atoms with E-state index in [4.69, 9.17) is 14.9 Å². The number of fused-ring (bicyclic) bond motifs is 1. The molecule has 1 aliphatic rings. The van der Waals surface area contributed by atoms with Crippen molar-refractivity contribution in [1.82, 2.24) is 15.3 Å². The summed E-state index contributed by atoms with van der Waals surface area (Å²) >= 11 is 0. The molecule has 40 heavy (non-hydrogen) atoms. The maximum absolute atomic E-state index is 16.2. The number of hydrogen-bond donors (Lipinski definition) is 2. The number of furan rings is 1. The van der Waals surface area contributed by atoms with E-state index in [1.165, 1.54) is 36.4 Å². The van der Waals surface area contributed by atoms with Crippen molar-refractivity contribution in [2.24, 2.45) is 5.73 Å². The Bertz CT molecular complexity index is 1780. The summed E-state index contributed by atoms with van der Waals surface area (Å²) in [5.41, 5.74) is 6.71. The number of nitrogens with two attached hydrogens (primary N) is 1. The number of ether oxygens (including phenoxy) is 1. The number of amides is 2. The molecule has 0 spiro atoms. The van der Waals surface area contributed by atoms with Crippen LogP contribution in [0.3, 0.4) is 0 Å². The van der Waals surface area contributed by atoms with Crippen molar-refractivity contribution >= 4 is 22.8 Å². The number of nitrogens with one attached hydrogen (secondary N) is 1. The topological polar surface area (TPSA) is 120 Å². The first-order valence-electron chi connectivity index (χ1n) is 12.4. The molecule has 3 N–H and O–H groups in total. The number of aryl methyl sites for hydroxylation is 1. The second-order valence-corrected chi connectivity index (χ2v) is 9.61. The molecule has 1 aliphatic heterocycles. The first-order chi connectivity index (χ1) is 19.3. The Balaban J connectivity index is 1.41. The van der Waals surface area contributed by atoms with Crippen LogP contribution in [0.15, 0.2) is 77.5 Å². The molecule has 6 rings (SSSR count). The van der Waals surface area contributed by atoms with Gasteiger partial charge in [-0.15, -0.1) is 0 Å². The zero-order valence-corrected chi connectivity index (χ0v) is 21.2. The van der Waals surface area contributed by atoms with Crippen LogP contribution in [0.4, 0.5) is 8.78 Å². The monoisotopic (exact) mass is 540 g/mol. The highest BCUT2D eigenvalue weighted by Gasteiger charge is 2.44. The van der Waals surface area contributed by atoms with Crippen LogP contribution in [-0.4, -0.2) is 35.0 Å². The van der Waals surface area contributed by atoms with Crippen LogP contribution >= 0.6 is 0 Å². The van der Waals surface area contributed by atoms with Crippen molar-refractivity contribution in [2.45, 2.75) is 12.5 Å². The molecule has 200 valence electrons. The van der Waals surface area contributed by atoms with Gasteiger partial charge in [-0.3, -0.25) is 9.59 Å². The van der Waals surface area contributed by atoms with E-state index in [2.05, 4.69) is 15.3 Å². The SMILES string of the molecule is Cc1ccc(C(=O)NC2(c3ncccn3)COC2)cc1-c1ccc2oc(-c3ccc(F)cc3)c(C(N)=O)c2c1F. The third kappa shape index (κ3) is 4.18. The predicted molar refractivity (Wildman–Crippen MR) is 142 cm³/mol. The summed E-state index contributed by atoms with van der Waals surface area (Å²) < 4.78 is 40.8. The van der Waals surface area contributed by atoms with Crippen molar-refractivity contribution in [1.29, 1.82) is 0 Å². The van der Waals surface area contributed by atoms with E-state index in [0.717, 1.165) is 0 Å². The Morgan fingerprint density at radius 3 is 2.35 bits per heavy atom. The summed E-state index contributed by atoms with van der Waals surface area (Å²) in [6.45, 7) is 2.23. The number of aromatic nitrogens is 2. The first-order valence-corrected chi connectivity index (χ1v) is 12.4. The fourth-order valence-corrected chi connectivity index (χ4v) is 4.85. The van der Waals surface area contributed by atoms with Gasteiger partial charge in [0.05, 0.1) is 24.2 Å². The highest BCUT2D eigenvalue weighted by atomic mass is 19.1. The molecule has 1 saturated heterocycles. The molecule has 3 heterocycles. The van der Waals surface area contributed by atoms with E-state index in [0.29, 0.717) is 22.5 Å². The number of hydrogen-bond acceptors (Lipinski definition) is 6. The van der Waals surface area contributed by atoms with E-state index >= 15 is 4.39 Å². The summed E-state index contributed by atoms with van der Waals surface area (Å²) in [5, 5.41) is 2.88. The van der Waals surface area contributed by atoms with E-state index < -0.39 is 29.0 Å². The molecule has 2 amide bonds. The molecule has 0 unspecified atom stereocenters. The third-order valence-corrected chi connectivity index (χ3v) is 6.98. The molecule has 0 atom stereocenters. The quantitative estimate of drug-likeness (QED) is 0.316. The summed E-state index contributed by atoms with van der Waals surface area (Å²) in [6.07, 6.45) is 3.18. The van der Waals surface area contributed by atoms with Gasteiger partial charge in [0.15, 0.2) is 5.82 Å². The van der Waals surface area contributed by atoms with Gasteiger partial charge in [-0.05, 0) is 72.6 Å². The van der Waals surface area contributed by atoms with Gasteiger partial charge in [-0.1, -0.05) is 6.07 Å². The van der Waals surface area contributed by atoms with Crippen LogP contribution in [0.5, 0.6) is 0 Å². The standard InChI is InChI=1S/C30H22F2N4O4/c1-16-3-4-18(28(38)36-30(14-39-15-30)29-34-11-2-12-35-29)13-21(16)20-9-10-22-23(25(20)32)24(27(33)37)26(40-22)17-5-7-19(31)8-6-17/h2-13H,14-15H2,1H3,(H2,33,37)(H,36,38). The lowest BCUT2D eigenvalue weighted by Crippen LogP contribution is -2.60. The van der Waals surface area contributed by atoms with E-state index in [1.54, 1.807) is 43.6 Å². The van der Waals surface area contributed by atoms with Crippen molar-refractivity contribution < 1.29 is 27.5 Å². The minimum Gasteiger partial charge on any atom is -0.455 e. The van der Waals surface area contributed by atoms with Crippen molar-refractivity contribution in [2.75, 3.05) is 13.2 Å². The van der Waals surface area contributed by atoms with Crippen LogP contribution in [0.1, 0.15) is 32.1 Å². The van der Waals surface area contributed by atoms with E-state index in [9.17, 15) is 14.0 Å². The number of primary amides is 1. The van der Waals surface area contributed by atoms with Crippen LogP contribution in [0, 0.1) is 18.6 Å². The van der Waals surface area contributed by atoms with Crippen molar-refractivity contribution in [3.05, 3.63) is 107 Å². The molecule has 1 fully saturated rings. The Labute approximate surface area is 226 Å². The fraction of sp³-hybridized carbons (Fsp3) is 0.133. The molecule has 0 aliphatic carbocycles. The number of benzene rings is 3. The fourth-order valence-electron chi connectivity index (χ4n) is 4.85. The molecule has 0 saturated carbocycles.